The maximum absolute atomic E-state index is 12.8. The number of ether oxygens (including phenoxy) is 3. The highest BCUT2D eigenvalue weighted by molar-refractivity contribution is 5.94. The number of morpholine rings is 1. The van der Waals surface area contributed by atoms with Gasteiger partial charge in [0, 0.05) is 13.1 Å². The monoisotopic (exact) mass is 416 g/mol. The van der Waals surface area contributed by atoms with Gasteiger partial charge in [-0.05, 0) is 46.8 Å². The van der Waals surface area contributed by atoms with Crippen LogP contribution < -0.4 is 4.74 Å². The van der Waals surface area contributed by atoms with Gasteiger partial charge in [0.25, 0.3) is 5.91 Å². The number of hydrogen-bond donors (Lipinski definition) is 0. The van der Waals surface area contributed by atoms with Crippen LogP contribution in [0, 0.1) is 13.8 Å². The zero-order valence-electron chi connectivity index (χ0n) is 18.0. The van der Waals surface area contributed by atoms with E-state index in [0.717, 1.165) is 11.3 Å². The Morgan fingerprint density at radius 3 is 2.50 bits per heavy atom. The number of para-hydroxylation sites is 1. The van der Waals surface area contributed by atoms with Gasteiger partial charge in [-0.15, -0.1) is 0 Å². The van der Waals surface area contributed by atoms with Gasteiger partial charge in [-0.25, -0.2) is 4.79 Å². The maximum atomic E-state index is 12.8. The number of aromatic nitrogens is 1. The summed E-state index contributed by atoms with van der Waals surface area (Å²) in [6.45, 7) is 10.2. The Kier molecular flexibility index (Phi) is 6.77. The summed E-state index contributed by atoms with van der Waals surface area (Å²) >= 11 is 0. The molecule has 3 atom stereocenters. The molecule has 1 fully saturated rings. The number of hydrogen-bond acceptors (Lipinski definition) is 7. The first kappa shape index (κ1) is 21.8. The molecule has 2 heterocycles. The molecule has 0 N–H and O–H groups in total. The van der Waals surface area contributed by atoms with Crippen molar-refractivity contribution in [3.8, 4) is 5.75 Å². The molecule has 1 aliphatic heterocycles. The molecular weight excluding hydrogens is 388 g/mol. The van der Waals surface area contributed by atoms with Crippen molar-refractivity contribution in [2.75, 3.05) is 13.1 Å². The number of benzene rings is 1. The second-order valence-electron chi connectivity index (χ2n) is 7.64. The fourth-order valence-electron chi connectivity index (χ4n) is 3.51. The summed E-state index contributed by atoms with van der Waals surface area (Å²) in [5, 5.41) is 3.90. The summed E-state index contributed by atoms with van der Waals surface area (Å²) in [6, 6.07) is 6.79. The first-order chi connectivity index (χ1) is 14.3. The Balaban J connectivity index is 1.66. The number of carbonyl (C=O) groups excluding carboxylic acids is 2. The van der Waals surface area contributed by atoms with Crippen LogP contribution in [-0.2, 0) is 20.9 Å². The second-order valence-corrected chi connectivity index (χ2v) is 7.64. The minimum Gasteiger partial charge on any atom is -0.488 e. The van der Waals surface area contributed by atoms with Crippen molar-refractivity contribution in [2.45, 2.75) is 59.5 Å². The molecule has 1 amide bonds. The van der Waals surface area contributed by atoms with Crippen LogP contribution in [0.2, 0.25) is 0 Å². The quantitative estimate of drug-likeness (QED) is 0.669. The number of amides is 1. The number of esters is 1. The van der Waals surface area contributed by atoms with E-state index < -0.39 is 12.1 Å². The van der Waals surface area contributed by atoms with Gasteiger partial charge in [-0.2, -0.15) is 0 Å². The smallest absolute Gasteiger partial charge is 0.342 e. The number of carbonyl (C=O) groups is 2. The molecule has 1 aliphatic rings. The molecule has 8 heteroatoms. The number of rotatable bonds is 6. The molecule has 1 aromatic heterocycles. The van der Waals surface area contributed by atoms with Gasteiger partial charge >= 0.3 is 5.97 Å². The van der Waals surface area contributed by atoms with E-state index in [4.69, 9.17) is 18.7 Å². The largest absolute Gasteiger partial charge is 0.488 e. The van der Waals surface area contributed by atoms with Crippen LogP contribution in [0.5, 0.6) is 5.75 Å². The van der Waals surface area contributed by atoms with Gasteiger partial charge < -0.3 is 23.6 Å². The van der Waals surface area contributed by atoms with Crippen molar-refractivity contribution < 1.29 is 28.3 Å². The molecule has 3 unspecified atom stereocenters. The third-order valence-electron chi connectivity index (χ3n) is 5.02. The van der Waals surface area contributed by atoms with E-state index in [2.05, 4.69) is 5.16 Å². The minimum atomic E-state index is -0.911. The van der Waals surface area contributed by atoms with Crippen molar-refractivity contribution >= 4 is 11.9 Å². The Morgan fingerprint density at radius 1 is 1.20 bits per heavy atom. The zero-order valence-corrected chi connectivity index (χ0v) is 18.0. The van der Waals surface area contributed by atoms with Gasteiger partial charge in [0.1, 0.15) is 23.7 Å². The minimum absolute atomic E-state index is 0.0564. The zero-order chi connectivity index (χ0) is 21.8. The van der Waals surface area contributed by atoms with E-state index in [-0.39, 0.29) is 30.3 Å². The lowest BCUT2D eigenvalue weighted by molar-refractivity contribution is -0.151. The fraction of sp³-hybridized carbons (Fsp3) is 0.500. The van der Waals surface area contributed by atoms with Crippen molar-refractivity contribution in [1.82, 2.24) is 10.1 Å². The fourth-order valence-corrected chi connectivity index (χ4v) is 3.51. The van der Waals surface area contributed by atoms with Gasteiger partial charge in [-0.1, -0.05) is 17.3 Å². The SMILES string of the molecule is Cc1noc(C)c1COc1ccccc1C(=O)OC(C)C(=O)N1CC(C)OC(C)C1. The Morgan fingerprint density at radius 2 is 1.87 bits per heavy atom. The van der Waals surface area contributed by atoms with E-state index in [1.807, 2.05) is 20.8 Å². The van der Waals surface area contributed by atoms with E-state index in [1.54, 1.807) is 43.0 Å². The molecule has 0 saturated carbocycles. The lowest BCUT2D eigenvalue weighted by atomic mass is 10.2. The third-order valence-corrected chi connectivity index (χ3v) is 5.02. The summed E-state index contributed by atoms with van der Waals surface area (Å²) in [5.74, 6) is 0.190. The van der Waals surface area contributed by atoms with Crippen molar-refractivity contribution in [3.05, 3.63) is 46.8 Å². The molecule has 1 saturated heterocycles. The Labute approximate surface area is 176 Å². The highest BCUT2D eigenvalue weighted by Gasteiger charge is 2.31. The van der Waals surface area contributed by atoms with Gasteiger partial charge in [0.05, 0.1) is 23.5 Å². The molecule has 0 aliphatic carbocycles. The molecule has 1 aromatic carbocycles. The van der Waals surface area contributed by atoms with Crippen LogP contribution in [0.3, 0.4) is 0 Å². The van der Waals surface area contributed by atoms with Gasteiger partial charge in [-0.3, -0.25) is 4.79 Å². The highest BCUT2D eigenvalue weighted by Crippen LogP contribution is 2.23. The van der Waals surface area contributed by atoms with Crippen molar-refractivity contribution in [2.24, 2.45) is 0 Å². The summed E-state index contributed by atoms with van der Waals surface area (Å²) in [7, 11) is 0. The molecule has 0 spiro atoms. The van der Waals surface area contributed by atoms with E-state index in [0.29, 0.717) is 24.6 Å². The van der Waals surface area contributed by atoms with Crippen molar-refractivity contribution in [3.63, 3.8) is 0 Å². The first-order valence-corrected chi connectivity index (χ1v) is 10.0. The summed E-state index contributed by atoms with van der Waals surface area (Å²) in [6.07, 6.45) is -1.02. The number of aryl methyl sites for hydroxylation is 2. The molecule has 0 radical (unpaired) electrons. The normalized spacial score (nSPS) is 20.0. The summed E-state index contributed by atoms with van der Waals surface area (Å²) in [5.41, 5.74) is 1.82. The van der Waals surface area contributed by atoms with E-state index >= 15 is 0 Å². The molecular formula is C22H28N2O6. The summed E-state index contributed by atoms with van der Waals surface area (Å²) in [4.78, 5) is 27.2. The molecule has 162 valence electrons. The highest BCUT2D eigenvalue weighted by atomic mass is 16.6. The average molecular weight is 416 g/mol. The molecule has 2 aromatic rings. The lowest BCUT2D eigenvalue weighted by Crippen LogP contribution is -2.51. The molecule has 3 rings (SSSR count). The predicted molar refractivity (Wildman–Crippen MR) is 108 cm³/mol. The topological polar surface area (TPSA) is 91.1 Å². The van der Waals surface area contributed by atoms with Crippen LogP contribution >= 0.6 is 0 Å². The van der Waals surface area contributed by atoms with Crippen molar-refractivity contribution in [1.29, 1.82) is 0 Å². The maximum Gasteiger partial charge on any atom is 0.342 e. The van der Waals surface area contributed by atoms with Gasteiger partial charge in [0.15, 0.2) is 6.10 Å². The van der Waals surface area contributed by atoms with Crippen LogP contribution in [-0.4, -0.2) is 53.3 Å². The Hall–Kier alpha value is -2.87. The van der Waals surface area contributed by atoms with Gasteiger partial charge in [0.2, 0.25) is 0 Å². The summed E-state index contributed by atoms with van der Waals surface area (Å²) < 4.78 is 22.1. The van der Waals surface area contributed by atoms with Crippen LogP contribution in [0.15, 0.2) is 28.8 Å². The third kappa shape index (κ3) is 4.99. The van der Waals surface area contributed by atoms with Crippen LogP contribution in [0.1, 0.15) is 48.1 Å². The van der Waals surface area contributed by atoms with E-state index in [1.165, 1.54) is 0 Å². The predicted octanol–water partition coefficient (Wildman–Crippen LogP) is 3.05. The van der Waals surface area contributed by atoms with Crippen LogP contribution in [0.25, 0.3) is 0 Å². The molecule has 0 bridgehead atoms. The standard InChI is InChI=1S/C22H28N2O6/c1-13-10-24(11-14(2)28-13)21(25)17(5)29-22(26)18-8-6-7-9-20(18)27-12-19-15(3)23-30-16(19)4/h6-9,13-14,17H,10-12H2,1-5H3. The number of nitrogens with zero attached hydrogens (tertiary/aromatic N) is 2. The first-order valence-electron chi connectivity index (χ1n) is 10.0. The molecule has 8 nitrogen and oxygen atoms in total. The Bertz CT molecular complexity index is 879. The average Bonchev–Trinajstić information content (AvgIpc) is 3.02. The van der Waals surface area contributed by atoms with E-state index in [9.17, 15) is 9.59 Å². The second kappa shape index (κ2) is 9.30. The lowest BCUT2D eigenvalue weighted by Gasteiger charge is -2.36. The molecule has 30 heavy (non-hydrogen) atoms. The van der Waals surface area contributed by atoms with Crippen LogP contribution in [0.4, 0.5) is 0 Å².